The molecule has 0 bridgehead atoms. The average Bonchev–Trinajstić information content (AvgIpc) is 2.69. The molecule has 10 heteroatoms. The molecule has 2 N–H and O–H groups in total. The lowest BCUT2D eigenvalue weighted by Gasteiger charge is -2.08. The molecule has 0 rings (SSSR count). The molecule has 2 amide bonds. The molecule has 0 atom stereocenters. The summed E-state index contributed by atoms with van der Waals surface area (Å²) >= 11 is 0. The fourth-order valence-corrected chi connectivity index (χ4v) is 1.76. The van der Waals surface area contributed by atoms with Gasteiger partial charge >= 0.3 is 24.1 Å². The highest BCUT2D eigenvalue weighted by Crippen LogP contribution is 1.98. The Bertz CT molecular complexity index is 476. The van der Waals surface area contributed by atoms with Crippen molar-refractivity contribution in [2.75, 3.05) is 39.5 Å². The predicted molar refractivity (Wildman–Crippen MR) is 99.5 cm³/mol. The predicted octanol–water partition coefficient (Wildman–Crippen LogP) is 1.46. The normalized spacial score (nSPS) is 9.57. The van der Waals surface area contributed by atoms with Crippen LogP contribution in [-0.2, 0) is 28.5 Å². The molecule has 0 aromatic rings. The molecule has 0 fully saturated rings. The minimum atomic E-state index is -0.571. The van der Waals surface area contributed by atoms with Crippen molar-refractivity contribution in [3.8, 4) is 0 Å². The molecule has 158 valence electrons. The summed E-state index contributed by atoms with van der Waals surface area (Å²) in [5, 5.41) is 5.16. The van der Waals surface area contributed by atoms with Crippen molar-refractivity contribution in [1.29, 1.82) is 0 Å². The van der Waals surface area contributed by atoms with Crippen LogP contribution in [0.4, 0.5) is 9.59 Å². The summed E-state index contributed by atoms with van der Waals surface area (Å²) in [6, 6.07) is 0. The van der Waals surface area contributed by atoms with Crippen LogP contribution in [0.2, 0.25) is 0 Å². The topological polar surface area (TPSA) is 129 Å². The van der Waals surface area contributed by atoms with E-state index in [0.29, 0.717) is 13.1 Å². The molecule has 0 radical (unpaired) electrons. The van der Waals surface area contributed by atoms with Crippen LogP contribution in [0, 0.1) is 0 Å². The van der Waals surface area contributed by atoms with Crippen LogP contribution in [-0.4, -0.2) is 63.6 Å². The van der Waals surface area contributed by atoms with Gasteiger partial charge in [-0.1, -0.05) is 26.0 Å². The van der Waals surface area contributed by atoms with Crippen molar-refractivity contribution < 1.29 is 38.1 Å². The lowest BCUT2D eigenvalue weighted by Crippen LogP contribution is -2.27. The highest BCUT2D eigenvalue weighted by Gasteiger charge is 2.03. The minimum absolute atomic E-state index is 0.0202. The molecule has 0 aliphatic rings. The number of nitrogens with one attached hydrogen (secondary N) is 2. The maximum absolute atomic E-state index is 11.3. The van der Waals surface area contributed by atoms with Gasteiger partial charge in [-0.15, -0.1) is 0 Å². The molecule has 10 nitrogen and oxygen atoms in total. The van der Waals surface area contributed by atoms with E-state index in [9.17, 15) is 19.2 Å². The third kappa shape index (κ3) is 16.4. The molecule has 0 saturated carbocycles. The van der Waals surface area contributed by atoms with Crippen LogP contribution in [0.5, 0.6) is 0 Å². The van der Waals surface area contributed by atoms with E-state index >= 15 is 0 Å². The second-order valence-corrected chi connectivity index (χ2v) is 5.28. The maximum atomic E-state index is 11.3. The lowest BCUT2D eigenvalue weighted by molar-refractivity contribution is -0.139. The number of carbonyl (C=O) groups excluding carboxylic acids is 4. The monoisotopic (exact) mass is 400 g/mol. The van der Waals surface area contributed by atoms with Crippen LogP contribution in [0.15, 0.2) is 25.3 Å². The van der Waals surface area contributed by atoms with Crippen molar-refractivity contribution >= 4 is 24.1 Å². The van der Waals surface area contributed by atoms with E-state index in [4.69, 9.17) is 9.47 Å². The van der Waals surface area contributed by atoms with Gasteiger partial charge in [0.2, 0.25) is 0 Å². The number of alkyl carbamates (subject to hydrolysis) is 2. The van der Waals surface area contributed by atoms with Crippen LogP contribution in [0.3, 0.4) is 0 Å². The number of carbonyl (C=O) groups is 4. The molecule has 0 unspecified atom stereocenters. The Kier molecular flexibility index (Phi) is 15.5. The molecule has 0 aromatic heterocycles. The third-order valence-electron chi connectivity index (χ3n) is 3.10. The smallest absolute Gasteiger partial charge is 0.407 e. The third-order valence-corrected chi connectivity index (χ3v) is 3.10. The lowest BCUT2D eigenvalue weighted by atomic mass is 10.2. The van der Waals surface area contributed by atoms with E-state index < -0.39 is 24.1 Å². The number of hydrogen-bond donors (Lipinski definition) is 2. The highest BCUT2D eigenvalue weighted by molar-refractivity contribution is 5.81. The van der Waals surface area contributed by atoms with E-state index in [2.05, 4.69) is 33.3 Å². The van der Waals surface area contributed by atoms with Crippen LogP contribution in [0.25, 0.3) is 0 Å². The zero-order valence-electron chi connectivity index (χ0n) is 15.9. The van der Waals surface area contributed by atoms with Gasteiger partial charge in [0.25, 0.3) is 0 Å². The van der Waals surface area contributed by atoms with Gasteiger partial charge in [-0.05, 0) is 12.8 Å². The first-order valence-electron chi connectivity index (χ1n) is 8.89. The molecule has 0 aromatic carbocycles. The Balaban J connectivity index is 3.38. The summed E-state index contributed by atoms with van der Waals surface area (Å²) in [4.78, 5) is 44.2. The summed E-state index contributed by atoms with van der Waals surface area (Å²) in [6.45, 7) is 7.32. The Morgan fingerprint density at radius 1 is 0.607 bits per heavy atom. The first-order chi connectivity index (χ1) is 13.5. The van der Waals surface area contributed by atoms with E-state index in [1.165, 1.54) is 0 Å². The highest BCUT2D eigenvalue weighted by atomic mass is 16.6. The zero-order chi connectivity index (χ0) is 21.0. The Labute approximate surface area is 164 Å². The van der Waals surface area contributed by atoms with E-state index in [1.54, 1.807) is 0 Å². The van der Waals surface area contributed by atoms with Gasteiger partial charge in [-0.25, -0.2) is 19.2 Å². The largest absolute Gasteiger partial charge is 0.459 e. The quantitative estimate of drug-likeness (QED) is 0.183. The van der Waals surface area contributed by atoms with Crippen molar-refractivity contribution in [3.63, 3.8) is 0 Å². The van der Waals surface area contributed by atoms with Gasteiger partial charge in [-0.2, -0.15) is 0 Å². The summed E-state index contributed by atoms with van der Waals surface area (Å²) in [6.07, 6.45) is 4.18. The van der Waals surface area contributed by atoms with Gasteiger partial charge in [0.05, 0.1) is 0 Å². The summed E-state index contributed by atoms with van der Waals surface area (Å²) < 4.78 is 18.9. The number of unbranched alkanes of at least 4 members (excludes halogenated alkanes) is 3. The van der Waals surface area contributed by atoms with Gasteiger partial charge in [0.1, 0.15) is 26.4 Å². The molecular weight excluding hydrogens is 372 g/mol. The van der Waals surface area contributed by atoms with E-state index in [0.717, 1.165) is 37.8 Å². The summed E-state index contributed by atoms with van der Waals surface area (Å²) in [5.74, 6) is -1.14. The number of hydrogen-bond acceptors (Lipinski definition) is 8. The number of amides is 2. The molecule has 28 heavy (non-hydrogen) atoms. The number of rotatable bonds is 15. The summed E-state index contributed by atoms with van der Waals surface area (Å²) in [7, 11) is 0. The van der Waals surface area contributed by atoms with Gasteiger partial charge in [0, 0.05) is 25.2 Å². The van der Waals surface area contributed by atoms with Crippen molar-refractivity contribution in [2.24, 2.45) is 0 Å². The van der Waals surface area contributed by atoms with Crippen molar-refractivity contribution in [1.82, 2.24) is 10.6 Å². The van der Waals surface area contributed by atoms with Crippen LogP contribution < -0.4 is 10.6 Å². The van der Waals surface area contributed by atoms with Gasteiger partial charge < -0.3 is 29.6 Å². The van der Waals surface area contributed by atoms with Crippen LogP contribution >= 0.6 is 0 Å². The molecule has 0 aliphatic carbocycles. The van der Waals surface area contributed by atoms with Crippen molar-refractivity contribution in [3.05, 3.63) is 25.3 Å². The van der Waals surface area contributed by atoms with Gasteiger partial charge in [-0.3, -0.25) is 0 Å². The second kappa shape index (κ2) is 17.4. The maximum Gasteiger partial charge on any atom is 0.407 e. The Hall–Kier alpha value is -3.04. The standard InChI is InChI=1S/C18H28N2O8/c1-3-15(21)25-11-13-27-17(23)19-9-7-5-6-8-10-20-18(24)28-14-12-26-16(22)4-2/h3-4H,1-2,5-14H2,(H,19,23)(H,20,24). The second-order valence-electron chi connectivity index (χ2n) is 5.28. The van der Waals surface area contributed by atoms with E-state index in [1.807, 2.05) is 0 Å². The molecule has 0 spiro atoms. The Morgan fingerprint density at radius 2 is 0.964 bits per heavy atom. The van der Waals surface area contributed by atoms with Crippen molar-refractivity contribution in [2.45, 2.75) is 25.7 Å². The first-order valence-corrected chi connectivity index (χ1v) is 8.89. The zero-order valence-corrected chi connectivity index (χ0v) is 15.9. The molecule has 0 saturated heterocycles. The van der Waals surface area contributed by atoms with E-state index in [-0.39, 0.29) is 26.4 Å². The number of esters is 2. The van der Waals surface area contributed by atoms with Gasteiger partial charge in [0.15, 0.2) is 0 Å². The number of ether oxygens (including phenoxy) is 4. The van der Waals surface area contributed by atoms with Crippen LogP contribution in [0.1, 0.15) is 25.7 Å². The first kappa shape index (κ1) is 25.0. The fraction of sp³-hybridized carbons (Fsp3) is 0.556. The SMILES string of the molecule is C=CC(=O)OCCOC(=O)NCCCCCCNC(=O)OCCOC(=O)C=C. The summed E-state index contributed by atoms with van der Waals surface area (Å²) in [5.41, 5.74) is 0. The average molecular weight is 400 g/mol. The molecule has 0 aliphatic heterocycles. The molecular formula is C18H28N2O8. The Morgan fingerprint density at radius 3 is 1.32 bits per heavy atom. The molecule has 0 heterocycles. The fourth-order valence-electron chi connectivity index (χ4n) is 1.76. The minimum Gasteiger partial charge on any atom is -0.459 e.